The highest BCUT2D eigenvalue weighted by Gasteiger charge is 2.09. The zero-order chi connectivity index (χ0) is 14.2. The van der Waals surface area contributed by atoms with Crippen LogP contribution in [-0.4, -0.2) is 28.0 Å². The lowest BCUT2D eigenvalue weighted by Gasteiger charge is -2.21. The van der Waals surface area contributed by atoms with Crippen molar-refractivity contribution >= 4 is 0 Å². The molecule has 0 saturated heterocycles. The molecule has 0 atom stereocenters. The van der Waals surface area contributed by atoms with Crippen molar-refractivity contribution in [3.05, 3.63) is 60.7 Å². The molecule has 0 aliphatic carbocycles. The van der Waals surface area contributed by atoms with Gasteiger partial charge in [0.25, 0.3) is 0 Å². The molecule has 4 nitrogen and oxygen atoms in total. The normalized spacial score (nSPS) is 10.7. The van der Waals surface area contributed by atoms with Gasteiger partial charge in [0.05, 0.1) is 6.33 Å². The molecule has 1 aromatic heterocycles. The predicted octanol–water partition coefficient (Wildman–Crippen LogP) is 3.00. The number of nitrogens with one attached hydrogen (secondary N) is 1. The van der Waals surface area contributed by atoms with Gasteiger partial charge in [-0.1, -0.05) is 37.8 Å². The van der Waals surface area contributed by atoms with Gasteiger partial charge in [-0.25, -0.2) is 4.98 Å². The van der Waals surface area contributed by atoms with Crippen LogP contribution in [0.4, 0.5) is 0 Å². The van der Waals surface area contributed by atoms with Crippen molar-refractivity contribution in [2.75, 3.05) is 13.2 Å². The molecule has 1 heterocycles. The first-order chi connectivity index (χ1) is 9.83. The number of aromatic nitrogens is 2. The fraction of sp³-hybridized carbons (Fsp3) is 0.312. The van der Waals surface area contributed by atoms with Gasteiger partial charge in [-0.3, -0.25) is 4.90 Å². The molecule has 0 spiro atoms. The molecule has 1 N–H and O–H groups in total. The maximum absolute atomic E-state index is 5.70. The minimum Gasteiger partial charge on any atom is -0.489 e. The van der Waals surface area contributed by atoms with E-state index in [1.165, 1.54) is 5.56 Å². The Bertz CT molecular complexity index is 522. The lowest BCUT2D eigenvalue weighted by atomic mass is 10.2. The molecule has 0 bridgehead atoms. The van der Waals surface area contributed by atoms with Crippen LogP contribution in [0.25, 0.3) is 0 Å². The van der Waals surface area contributed by atoms with Gasteiger partial charge in [0.15, 0.2) is 0 Å². The highest BCUT2D eigenvalue weighted by atomic mass is 16.5. The number of aromatic amines is 1. The Labute approximate surface area is 120 Å². The third kappa shape index (κ3) is 3.96. The van der Waals surface area contributed by atoms with E-state index in [0.717, 1.165) is 31.1 Å². The van der Waals surface area contributed by atoms with Crippen molar-refractivity contribution in [2.45, 2.75) is 20.0 Å². The second-order valence-corrected chi connectivity index (χ2v) is 4.59. The molecule has 2 rings (SSSR count). The van der Waals surface area contributed by atoms with Crippen LogP contribution >= 0.6 is 0 Å². The van der Waals surface area contributed by atoms with E-state index in [9.17, 15) is 0 Å². The number of hydrogen-bond donors (Lipinski definition) is 1. The minimum absolute atomic E-state index is 0.531. The first-order valence-corrected chi connectivity index (χ1v) is 6.84. The Morgan fingerprint density at radius 1 is 1.35 bits per heavy atom. The molecule has 1 aromatic carbocycles. The van der Waals surface area contributed by atoms with Crippen LogP contribution < -0.4 is 4.74 Å². The third-order valence-corrected chi connectivity index (χ3v) is 3.12. The topological polar surface area (TPSA) is 41.1 Å². The number of imidazole rings is 1. The first kappa shape index (κ1) is 14.3. The highest BCUT2D eigenvalue weighted by Crippen LogP contribution is 2.20. The summed E-state index contributed by atoms with van der Waals surface area (Å²) < 4.78 is 5.70. The number of ether oxygens (including phenoxy) is 1. The van der Waals surface area contributed by atoms with E-state index in [0.29, 0.717) is 6.61 Å². The Balaban J connectivity index is 2.04. The largest absolute Gasteiger partial charge is 0.489 e. The summed E-state index contributed by atoms with van der Waals surface area (Å²) in [6.07, 6.45) is 5.34. The molecule has 0 radical (unpaired) electrons. The summed E-state index contributed by atoms with van der Waals surface area (Å²) in [5.74, 6) is 0.926. The Morgan fingerprint density at radius 3 is 2.90 bits per heavy atom. The van der Waals surface area contributed by atoms with Gasteiger partial charge >= 0.3 is 0 Å². The van der Waals surface area contributed by atoms with Gasteiger partial charge in [-0.2, -0.15) is 0 Å². The molecular weight excluding hydrogens is 250 g/mol. The number of hydrogen-bond acceptors (Lipinski definition) is 3. The SMILES string of the molecule is C=CCOc1ccccc1CN(CC)Cc1cnc[nH]1. The summed E-state index contributed by atoms with van der Waals surface area (Å²) in [4.78, 5) is 9.53. The van der Waals surface area contributed by atoms with Crippen molar-refractivity contribution in [1.82, 2.24) is 14.9 Å². The van der Waals surface area contributed by atoms with Crippen LogP contribution in [0.1, 0.15) is 18.2 Å². The van der Waals surface area contributed by atoms with Crippen LogP contribution in [0.15, 0.2) is 49.4 Å². The summed E-state index contributed by atoms with van der Waals surface area (Å²) >= 11 is 0. The van der Waals surface area contributed by atoms with Crippen LogP contribution in [-0.2, 0) is 13.1 Å². The van der Waals surface area contributed by atoms with Gasteiger partial charge in [-0.05, 0) is 12.6 Å². The molecule has 2 aromatic rings. The van der Waals surface area contributed by atoms with Crippen LogP contribution in [0.3, 0.4) is 0 Å². The van der Waals surface area contributed by atoms with Crippen molar-refractivity contribution < 1.29 is 4.74 Å². The van der Waals surface area contributed by atoms with Crippen molar-refractivity contribution in [1.29, 1.82) is 0 Å². The lowest BCUT2D eigenvalue weighted by Crippen LogP contribution is -2.22. The molecular formula is C16H21N3O. The van der Waals surface area contributed by atoms with E-state index in [4.69, 9.17) is 4.74 Å². The summed E-state index contributed by atoms with van der Waals surface area (Å²) in [5.41, 5.74) is 2.31. The van der Waals surface area contributed by atoms with E-state index in [1.54, 1.807) is 12.4 Å². The van der Waals surface area contributed by atoms with Gasteiger partial charge in [0, 0.05) is 30.5 Å². The first-order valence-electron chi connectivity index (χ1n) is 6.84. The summed E-state index contributed by atoms with van der Waals surface area (Å²) in [5, 5.41) is 0. The highest BCUT2D eigenvalue weighted by molar-refractivity contribution is 5.33. The van der Waals surface area contributed by atoms with Crippen LogP contribution in [0, 0.1) is 0 Å². The molecule has 0 aliphatic heterocycles. The van der Waals surface area contributed by atoms with Gasteiger partial charge < -0.3 is 9.72 Å². The molecule has 0 fully saturated rings. The number of benzene rings is 1. The summed E-state index contributed by atoms with van der Waals surface area (Å²) in [6.45, 7) is 9.04. The van der Waals surface area contributed by atoms with Crippen molar-refractivity contribution in [3.8, 4) is 5.75 Å². The quantitative estimate of drug-likeness (QED) is 0.750. The Kier molecular flexibility index (Phi) is 5.38. The van der Waals surface area contributed by atoms with Crippen molar-refractivity contribution in [2.24, 2.45) is 0 Å². The second-order valence-electron chi connectivity index (χ2n) is 4.59. The predicted molar refractivity (Wildman–Crippen MR) is 80.5 cm³/mol. The van der Waals surface area contributed by atoms with E-state index in [2.05, 4.69) is 34.4 Å². The molecule has 4 heteroatoms. The van der Waals surface area contributed by atoms with Crippen LogP contribution in [0.5, 0.6) is 5.75 Å². The number of nitrogens with zero attached hydrogens (tertiary/aromatic N) is 2. The zero-order valence-electron chi connectivity index (χ0n) is 11.9. The summed E-state index contributed by atoms with van der Waals surface area (Å²) in [6, 6.07) is 8.14. The molecule has 20 heavy (non-hydrogen) atoms. The molecule has 0 saturated carbocycles. The fourth-order valence-corrected chi connectivity index (χ4v) is 2.06. The lowest BCUT2D eigenvalue weighted by molar-refractivity contribution is 0.261. The van der Waals surface area contributed by atoms with E-state index in [-0.39, 0.29) is 0 Å². The average molecular weight is 271 g/mol. The molecule has 0 aliphatic rings. The molecule has 0 amide bonds. The zero-order valence-corrected chi connectivity index (χ0v) is 11.9. The smallest absolute Gasteiger partial charge is 0.124 e. The molecule has 106 valence electrons. The number of para-hydroxylation sites is 1. The van der Waals surface area contributed by atoms with E-state index >= 15 is 0 Å². The standard InChI is InChI=1S/C16H21N3O/c1-3-9-20-16-8-6-5-7-14(16)11-19(4-2)12-15-10-17-13-18-15/h3,5-8,10,13H,1,4,9,11-12H2,2H3,(H,17,18). The van der Waals surface area contributed by atoms with Gasteiger partial charge in [-0.15, -0.1) is 0 Å². The average Bonchev–Trinajstić information content (AvgIpc) is 2.98. The fourth-order valence-electron chi connectivity index (χ4n) is 2.06. The second kappa shape index (κ2) is 7.50. The van der Waals surface area contributed by atoms with Gasteiger partial charge in [0.1, 0.15) is 12.4 Å². The number of H-pyrrole nitrogens is 1. The number of rotatable bonds is 8. The minimum atomic E-state index is 0.531. The van der Waals surface area contributed by atoms with E-state index < -0.39 is 0 Å². The monoisotopic (exact) mass is 271 g/mol. The maximum atomic E-state index is 5.70. The Morgan fingerprint density at radius 2 is 2.20 bits per heavy atom. The van der Waals surface area contributed by atoms with E-state index in [1.807, 2.05) is 24.4 Å². The maximum Gasteiger partial charge on any atom is 0.124 e. The van der Waals surface area contributed by atoms with Crippen LogP contribution in [0.2, 0.25) is 0 Å². The molecule has 0 unspecified atom stereocenters. The third-order valence-electron chi connectivity index (χ3n) is 3.12. The van der Waals surface area contributed by atoms with Gasteiger partial charge in [0.2, 0.25) is 0 Å². The van der Waals surface area contributed by atoms with Crippen molar-refractivity contribution in [3.63, 3.8) is 0 Å². The Hall–Kier alpha value is -2.07. The summed E-state index contributed by atoms with van der Waals surface area (Å²) in [7, 11) is 0.